The molecule has 6 heteroatoms. The van der Waals surface area contributed by atoms with Crippen molar-refractivity contribution < 1.29 is 14.0 Å². The van der Waals surface area contributed by atoms with Gasteiger partial charge in [-0.1, -0.05) is 16.8 Å². The van der Waals surface area contributed by atoms with E-state index in [4.69, 9.17) is 16.4 Å². The van der Waals surface area contributed by atoms with Crippen molar-refractivity contribution in [3.8, 4) is 0 Å². The van der Waals surface area contributed by atoms with E-state index in [1.54, 1.807) is 6.92 Å². The van der Waals surface area contributed by atoms with Gasteiger partial charge >= 0.3 is 0 Å². The standard InChI is InChI=1S/C10H8ClFN2O2/c1-2-16-14-5-7-3-10(13-6-15)9(12)4-8(7)11/h3-5H,2H2,1H3. The zero-order valence-electron chi connectivity index (χ0n) is 8.41. The van der Waals surface area contributed by atoms with Gasteiger partial charge < -0.3 is 4.84 Å². The van der Waals surface area contributed by atoms with E-state index >= 15 is 0 Å². The average molecular weight is 243 g/mol. The first-order valence-electron chi connectivity index (χ1n) is 4.41. The number of oxime groups is 1. The quantitative estimate of drug-likeness (QED) is 0.463. The van der Waals surface area contributed by atoms with Gasteiger partial charge in [0.1, 0.15) is 12.3 Å². The molecule has 0 fully saturated rings. The Hall–Kier alpha value is -1.71. The molecule has 0 saturated carbocycles. The molecule has 0 aliphatic heterocycles. The summed E-state index contributed by atoms with van der Waals surface area (Å²) in [5.74, 6) is -0.693. The second-order valence-electron chi connectivity index (χ2n) is 2.68. The minimum atomic E-state index is -0.693. The first-order chi connectivity index (χ1) is 7.69. The van der Waals surface area contributed by atoms with Gasteiger partial charge in [-0.3, -0.25) is 0 Å². The topological polar surface area (TPSA) is 51.0 Å². The Kier molecular flexibility index (Phi) is 4.64. The van der Waals surface area contributed by atoms with Crippen LogP contribution in [0.1, 0.15) is 12.5 Å². The summed E-state index contributed by atoms with van der Waals surface area (Å²) < 4.78 is 13.2. The maximum Gasteiger partial charge on any atom is 0.240 e. The Balaban J connectivity index is 3.09. The maximum absolute atomic E-state index is 13.2. The Bertz CT molecular complexity index is 456. The molecule has 1 rings (SSSR count). The first-order valence-corrected chi connectivity index (χ1v) is 4.79. The molecule has 0 atom stereocenters. The molecule has 4 nitrogen and oxygen atoms in total. The molecule has 0 amide bonds. The number of benzene rings is 1. The largest absolute Gasteiger partial charge is 0.396 e. The van der Waals surface area contributed by atoms with Crippen LogP contribution in [-0.2, 0) is 9.63 Å². The maximum atomic E-state index is 13.2. The Morgan fingerprint density at radius 1 is 1.62 bits per heavy atom. The molecule has 0 bridgehead atoms. The lowest BCUT2D eigenvalue weighted by Gasteiger charge is -2.00. The highest BCUT2D eigenvalue weighted by Crippen LogP contribution is 2.24. The molecule has 84 valence electrons. The number of carbonyl (C=O) groups excluding carboxylic acids is 1. The number of rotatable bonds is 4. The first kappa shape index (κ1) is 12.4. The third-order valence-corrected chi connectivity index (χ3v) is 1.95. The van der Waals surface area contributed by atoms with Crippen molar-refractivity contribution in [2.75, 3.05) is 6.61 Å². The molecule has 1 aromatic rings. The van der Waals surface area contributed by atoms with Crippen LogP contribution in [0.25, 0.3) is 0 Å². The van der Waals surface area contributed by atoms with E-state index in [0.29, 0.717) is 12.2 Å². The highest BCUT2D eigenvalue weighted by Gasteiger charge is 2.06. The van der Waals surface area contributed by atoms with Crippen LogP contribution in [0.5, 0.6) is 0 Å². The fourth-order valence-corrected chi connectivity index (χ4v) is 1.16. The van der Waals surface area contributed by atoms with Crippen LogP contribution in [0.15, 0.2) is 22.3 Å². The van der Waals surface area contributed by atoms with Gasteiger partial charge in [-0.2, -0.15) is 4.99 Å². The van der Waals surface area contributed by atoms with Gasteiger partial charge in [0.15, 0.2) is 5.82 Å². The molecule has 16 heavy (non-hydrogen) atoms. The zero-order chi connectivity index (χ0) is 12.0. The molecular formula is C10H8ClFN2O2. The third-order valence-electron chi connectivity index (χ3n) is 1.63. The summed E-state index contributed by atoms with van der Waals surface area (Å²) in [4.78, 5) is 18.0. The van der Waals surface area contributed by atoms with Gasteiger partial charge in [0.05, 0.1) is 11.2 Å². The summed E-state index contributed by atoms with van der Waals surface area (Å²) in [5.41, 5.74) is 0.267. The van der Waals surface area contributed by atoms with Gasteiger partial charge in [-0.05, 0) is 19.1 Å². The van der Waals surface area contributed by atoms with Gasteiger partial charge in [0.25, 0.3) is 0 Å². The van der Waals surface area contributed by atoms with Crippen molar-refractivity contribution in [1.82, 2.24) is 0 Å². The molecule has 0 unspecified atom stereocenters. The highest BCUT2D eigenvalue weighted by molar-refractivity contribution is 6.33. The summed E-state index contributed by atoms with van der Waals surface area (Å²) in [7, 11) is 0. The molecule has 0 radical (unpaired) electrons. The minimum absolute atomic E-state index is 0.141. The number of isocyanates is 1. The SMILES string of the molecule is CCON=Cc1cc(N=C=O)c(F)cc1Cl. The smallest absolute Gasteiger partial charge is 0.240 e. The van der Waals surface area contributed by atoms with Crippen LogP contribution in [-0.4, -0.2) is 18.9 Å². The number of hydrogen-bond acceptors (Lipinski definition) is 4. The van der Waals surface area contributed by atoms with Crippen LogP contribution in [0, 0.1) is 5.82 Å². The lowest BCUT2D eigenvalue weighted by atomic mass is 10.2. The van der Waals surface area contributed by atoms with Crippen molar-refractivity contribution in [3.63, 3.8) is 0 Å². The number of hydrogen-bond donors (Lipinski definition) is 0. The van der Waals surface area contributed by atoms with E-state index in [0.717, 1.165) is 6.07 Å². The van der Waals surface area contributed by atoms with Crippen LogP contribution in [0.3, 0.4) is 0 Å². The van der Waals surface area contributed by atoms with E-state index in [-0.39, 0.29) is 10.7 Å². The lowest BCUT2D eigenvalue weighted by molar-refractivity contribution is 0.160. The van der Waals surface area contributed by atoms with Crippen molar-refractivity contribution in [3.05, 3.63) is 28.5 Å². The third kappa shape index (κ3) is 3.15. The monoisotopic (exact) mass is 242 g/mol. The second-order valence-corrected chi connectivity index (χ2v) is 3.09. The Labute approximate surface area is 96.4 Å². The van der Waals surface area contributed by atoms with E-state index in [2.05, 4.69) is 10.1 Å². The highest BCUT2D eigenvalue weighted by atomic mass is 35.5. The normalized spacial score (nSPS) is 10.2. The van der Waals surface area contributed by atoms with Gasteiger partial charge in [-0.15, -0.1) is 0 Å². The summed E-state index contributed by atoms with van der Waals surface area (Å²) >= 11 is 5.75. The molecule has 1 aromatic carbocycles. The molecule has 0 aliphatic rings. The van der Waals surface area contributed by atoms with Crippen LogP contribution in [0.2, 0.25) is 5.02 Å². The summed E-state index contributed by atoms with van der Waals surface area (Å²) in [6, 6.07) is 2.33. The van der Waals surface area contributed by atoms with Crippen molar-refractivity contribution >= 4 is 29.6 Å². The minimum Gasteiger partial charge on any atom is -0.396 e. The van der Waals surface area contributed by atoms with E-state index in [9.17, 15) is 9.18 Å². The zero-order valence-corrected chi connectivity index (χ0v) is 9.16. The fraction of sp³-hybridized carbons (Fsp3) is 0.200. The van der Waals surface area contributed by atoms with Crippen LogP contribution < -0.4 is 0 Å². The van der Waals surface area contributed by atoms with E-state index in [1.807, 2.05) is 0 Å². The number of nitrogens with zero attached hydrogens (tertiary/aromatic N) is 2. The number of aliphatic imine (C=N–C) groups is 1. The predicted molar refractivity (Wildman–Crippen MR) is 58.4 cm³/mol. The number of halogens is 2. The molecule has 0 N–H and O–H groups in total. The summed E-state index contributed by atoms with van der Waals surface area (Å²) in [5, 5.41) is 3.74. The van der Waals surface area contributed by atoms with E-state index < -0.39 is 5.82 Å². The summed E-state index contributed by atoms with van der Waals surface area (Å²) in [6.07, 6.45) is 2.57. The lowest BCUT2D eigenvalue weighted by Crippen LogP contribution is -1.88. The van der Waals surface area contributed by atoms with Crippen LogP contribution >= 0.6 is 11.6 Å². The molecule has 0 saturated heterocycles. The molecular weight excluding hydrogens is 235 g/mol. The summed E-state index contributed by atoms with van der Waals surface area (Å²) in [6.45, 7) is 2.18. The average Bonchev–Trinajstić information content (AvgIpc) is 2.25. The molecule has 0 aliphatic carbocycles. The van der Waals surface area contributed by atoms with Crippen LogP contribution in [0.4, 0.5) is 10.1 Å². The van der Waals surface area contributed by atoms with Gasteiger partial charge in [0.2, 0.25) is 6.08 Å². The molecule has 0 heterocycles. The fourth-order valence-electron chi connectivity index (χ4n) is 0.956. The second kappa shape index (κ2) is 6.00. The molecule has 0 aromatic heterocycles. The van der Waals surface area contributed by atoms with Crippen molar-refractivity contribution in [2.45, 2.75) is 6.92 Å². The van der Waals surface area contributed by atoms with Crippen molar-refractivity contribution in [1.29, 1.82) is 0 Å². The van der Waals surface area contributed by atoms with Gasteiger partial charge in [-0.25, -0.2) is 9.18 Å². The Morgan fingerprint density at radius 3 is 3.00 bits per heavy atom. The van der Waals surface area contributed by atoms with Gasteiger partial charge in [0, 0.05) is 5.56 Å². The predicted octanol–water partition coefficient (Wildman–Crippen LogP) is 2.82. The Morgan fingerprint density at radius 2 is 2.38 bits per heavy atom. The van der Waals surface area contributed by atoms with E-state index in [1.165, 1.54) is 18.4 Å². The molecule has 0 spiro atoms. The van der Waals surface area contributed by atoms with Crippen molar-refractivity contribution in [2.24, 2.45) is 10.1 Å².